The first-order valence-electron chi connectivity index (χ1n) is 7.16. The van der Waals surface area contributed by atoms with Crippen molar-refractivity contribution >= 4 is 0 Å². The molecular formula is C13H22O8. The number of hydrogen-bond donors (Lipinski definition) is 3. The first-order valence-corrected chi connectivity index (χ1v) is 7.16. The van der Waals surface area contributed by atoms with E-state index in [2.05, 4.69) is 0 Å². The summed E-state index contributed by atoms with van der Waals surface area (Å²) in [6.45, 7) is 1.45. The third-order valence-electron chi connectivity index (χ3n) is 4.33. The SMILES string of the molecule is CO[C@H]1C[C@@H]2O[C@H]3[C@H](O[C@H]2[C@H](C)O1)O[C@H](CO)[C@@H](O)[C@@H]3O. The maximum atomic E-state index is 10.1. The van der Waals surface area contributed by atoms with Gasteiger partial charge in [0.1, 0.15) is 30.5 Å². The fourth-order valence-corrected chi connectivity index (χ4v) is 3.15. The Labute approximate surface area is 122 Å². The van der Waals surface area contributed by atoms with Gasteiger partial charge in [-0.15, -0.1) is 0 Å². The summed E-state index contributed by atoms with van der Waals surface area (Å²) in [6, 6.07) is 0. The molecule has 8 nitrogen and oxygen atoms in total. The summed E-state index contributed by atoms with van der Waals surface area (Å²) >= 11 is 0. The average Bonchev–Trinajstić information content (AvgIpc) is 2.49. The van der Waals surface area contributed by atoms with Crippen LogP contribution in [0.4, 0.5) is 0 Å². The zero-order valence-electron chi connectivity index (χ0n) is 12.0. The van der Waals surface area contributed by atoms with Crippen LogP contribution in [0.5, 0.6) is 0 Å². The fraction of sp³-hybridized carbons (Fsp3) is 1.00. The van der Waals surface area contributed by atoms with Gasteiger partial charge in [0.25, 0.3) is 0 Å². The van der Waals surface area contributed by atoms with E-state index >= 15 is 0 Å². The van der Waals surface area contributed by atoms with E-state index in [4.69, 9.17) is 23.7 Å². The highest BCUT2D eigenvalue weighted by molar-refractivity contribution is 4.96. The molecule has 3 saturated heterocycles. The minimum Gasteiger partial charge on any atom is -0.394 e. The van der Waals surface area contributed by atoms with E-state index in [1.807, 2.05) is 6.92 Å². The van der Waals surface area contributed by atoms with Crippen LogP contribution < -0.4 is 0 Å². The Hall–Kier alpha value is -0.320. The van der Waals surface area contributed by atoms with E-state index in [1.54, 1.807) is 7.11 Å². The van der Waals surface area contributed by atoms with Crippen LogP contribution in [0.2, 0.25) is 0 Å². The fourth-order valence-electron chi connectivity index (χ4n) is 3.15. The van der Waals surface area contributed by atoms with Gasteiger partial charge in [0.2, 0.25) is 0 Å². The number of aliphatic hydroxyl groups is 3. The molecule has 0 amide bonds. The summed E-state index contributed by atoms with van der Waals surface area (Å²) in [6.07, 6.45) is -5.76. The molecule has 3 aliphatic rings. The molecule has 122 valence electrons. The number of rotatable bonds is 2. The van der Waals surface area contributed by atoms with Crippen molar-refractivity contribution in [1.29, 1.82) is 0 Å². The van der Waals surface area contributed by atoms with E-state index in [0.29, 0.717) is 6.42 Å². The van der Waals surface area contributed by atoms with Crippen LogP contribution in [0.15, 0.2) is 0 Å². The highest BCUT2D eigenvalue weighted by Crippen LogP contribution is 2.36. The Bertz CT molecular complexity index is 366. The second-order valence-electron chi connectivity index (χ2n) is 5.69. The third kappa shape index (κ3) is 2.71. The van der Waals surface area contributed by atoms with Crippen LogP contribution in [0.25, 0.3) is 0 Å². The Morgan fingerprint density at radius 3 is 2.48 bits per heavy atom. The van der Waals surface area contributed by atoms with E-state index in [0.717, 1.165) is 0 Å². The van der Waals surface area contributed by atoms with Crippen molar-refractivity contribution in [1.82, 2.24) is 0 Å². The summed E-state index contributed by atoms with van der Waals surface area (Å²) in [5.74, 6) is 0. The molecule has 3 aliphatic heterocycles. The molecule has 3 N–H and O–H groups in total. The van der Waals surface area contributed by atoms with Crippen molar-refractivity contribution in [3.05, 3.63) is 0 Å². The lowest BCUT2D eigenvalue weighted by Gasteiger charge is -2.51. The summed E-state index contributed by atoms with van der Waals surface area (Å²) in [7, 11) is 1.55. The monoisotopic (exact) mass is 306 g/mol. The lowest BCUT2D eigenvalue weighted by atomic mass is 9.94. The van der Waals surface area contributed by atoms with Gasteiger partial charge in [0.15, 0.2) is 12.6 Å². The zero-order chi connectivity index (χ0) is 15.1. The van der Waals surface area contributed by atoms with Crippen LogP contribution in [-0.2, 0) is 23.7 Å². The van der Waals surface area contributed by atoms with Gasteiger partial charge in [-0.2, -0.15) is 0 Å². The van der Waals surface area contributed by atoms with Crippen molar-refractivity contribution in [3.8, 4) is 0 Å². The van der Waals surface area contributed by atoms with E-state index in [1.165, 1.54) is 0 Å². The van der Waals surface area contributed by atoms with Crippen LogP contribution >= 0.6 is 0 Å². The predicted octanol–water partition coefficient (Wildman–Crippen LogP) is -1.64. The van der Waals surface area contributed by atoms with Gasteiger partial charge in [-0.25, -0.2) is 0 Å². The van der Waals surface area contributed by atoms with Crippen molar-refractivity contribution in [2.24, 2.45) is 0 Å². The molecule has 0 aromatic rings. The normalized spacial score (nSPS) is 53.9. The topological polar surface area (TPSA) is 107 Å². The molecule has 0 bridgehead atoms. The van der Waals surface area contributed by atoms with E-state index in [9.17, 15) is 15.3 Å². The Morgan fingerprint density at radius 1 is 1.05 bits per heavy atom. The molecule has 0 radical (unpaired) electrons. The molecule has 0 unspecified atom stereocenters. The van der Waals surface area contributed by atoms with Gasteiger partial charge < -0.3 is 39.0 Å². The maximum absolute atomic E-state index is 10.1. The number of methoxy groups -OCH3 is 1. The predicted molar refractivity (Wildman–Crippen MR) is 67.3 cm³/mol. The minimum absolute atomic E-state index is 0.255. The molecule has 8 heteroatoms. The van der Waals surface area contributed by atoms with Crippen LogP contribution in [0.3, 0.4) is 0 Å². The lowest BCUT2D eigenvalue weighted by Crippen LogP contribution is -2.67. The number of aliphatic hydroxyl groups excluding tert-OH is 3. The summed E-state index contributed by atoms with van der Waals surface area (Å²) in [5, 5.41) is 29.2. The second kappa shape index (κ2) is 6.05. The molecule has 9 atom stereocenters. The first-order chi connectivity index (χ1) is 10.0. The Balaban J connectivity index is 1.74. The van der Waals surface area contributed by atoms with Crippen LogP contribution in [-0.4, -0.2) is 84.3 Å². The summed E-state index contributed by atoms with van der Waals surface area (Å²) in [5.41, 5.74) is 0. The van der Waals surface area contributed by atoms with Gasteiger partial charge >= 0.3 is 0 Å². The van der Waals surface area contributed by atoms with Crippen molar-refractivity contribution in [2.75, 3.05) is 13.7 Å². The number of ether oxygens (including phenoxy) is 5. The summed E-state index contributed by atoms with van der Waals surface area (Å²) < 4.78 is 28.0. The minimum atomic E-state index is -1.22. The molecule has 0 aromatic carbocycles. The van der Waals surface area contributed by atoms with Crippen molar-refractivity contribution in [3.63, 3.8) is 0 Å². The Morgan fingerprint density at radius 2 is 1.81 bits per heavy atom. The maximum Gasteiger partial charge on any atom is 0.187 e. The molecule has 3 fully saturated rings. The van der Waals surface area contributed by atoms with Gasteiger partial charge in [-0.1, -0.05) is 0 Å². The van der Waals surface area contributed by atoms with E-state index in [-0.39, 0.29) is 18.3 Å². The van der Waals surface area contributed by atoms with Gasteiger partial charge in [0.05, 0.1) is 18.8 Å². The quantitative estimate of drug-likeness (QED) is 0.558. The van der Waals surface area contributed by atoms with E-state index < -0.39 is 43.6 Å². The second-order valence-corrected chi connectivity index (χ2v) is 5.69. The molecule has 0 saturated carbocycles. The smallest absolute Gasteiger partial charge is 0.187 e. The van der Waals surface area contributed by atoms with Crippen LogP contribution in [0.1, 0.15) is 13.3 Å². The molecule has 3 rings (SSSR count). The van der Waals surface area contributed by atoms with Crippen molar-refractivity contribution < 1.29 is 39.0 Å². The third-order valence-corrected chi connectivity index (χ3v) is 4.33. The highest BCUT2D eigenvalue weighted by Gasteiger charge is 2.54. The molecule has 0 aliphatic carbocycles. The molecule has 0 aromatic heterocycles. The van der Waals surface area contributed by atoms with Crippen molar-refractivity contribution in [2.45, 2.75) is 68.7 Å². The largest absolute Gasteiger partial charge is 0.394 e. The lowest BCUT2D eigenvalue weighted by molar-refractivity contribution is -0.394. The van der Waals surface area contributed by atoms with Gasteiger partial charge in [0, 0.05) is 13.5 Å². The van der Waals surface area contributed by atoms with Crippen LogP contribution in [0, 0.1) is 0 Å². The standard InChI is InChI=1S/C13H22O8/c1-5-11-6(3-8(17-2)18-5)19-12-10(16)9(15)7(4-14)20-13(12)21-11/h5-16H,3-4H2,1-2H3/t5-,6-,7+,8+,9+,10-,11-,12+,13-/m0/s1. The van der Waals surface area contributed by atoms with Gasteiger partial charge in [-0.3, -0.25) is 0 Å². The average molecular weight is 306 g/mol. The molecule has 21 heavy (non-hydrogen) atoms. The number of fused-ring (bicyclic) bond motifs is 2. The Kier molecular flexibility index (Phi) is 4.49. The number of hydrogen-bond acceptors (Lipinski definition) is 8. The first kappa shape index (κ1) is 15.6. The van der Waals surface area contributed by atoms with Gasteiger partial charge in [-0.05, 0) is 6.92 Å². The molecular weight excluding hydrogens is 284 g/mol. The molecule has 0 spiro atoms. The summed E-state index contributed by atoms with van der Waals surface area (Å²) in [4.78, 5) is 0. The molecule has 3 heterocycles. The zero-order valence-corrected chi connectivity index (χ0v) is 12.0. The highest BCUT2D eigenvalue weighted by atomic mass is 16.8.